The van der Waals surface area contributed by atoms with Crippen molar-refractivity contribution in [2.45, 2.75) is 111 Å². The van der Waals surface area contributed by atoms with Gasteiger partial charge in [0, 0.05) is 24.0 Å². The summed E-state index contributed by atoms with van der Waals surface area (Å²) in [4.78, 5) is 29.4. The summed E-state index contributed by atoms with van der Waals surface area (Å²) < 4.78 is 0. The van der Waals surface area contributed by atoms with Gasteiger partial charge in [-0.15, -0.1) is 0 Å². The van der Waals surface area contributed by atoms with Crippen LogP contribution >= 0.6 is 0 Å². The number of nitrogens with one attached hydrogen (secondary N) is 1. The van der Waals surface area contributed by atoms with E-state index in [0.29, 0.717) is 30.1 Å². The highest BCUT2D eigenvalue weighted by Crippen LogP contribution is 2.38. The van der Waals surface area contributed by atoms with Crippen LogP contribution in [0.4, 0.5) is 0 Å². The van der Waals surface area contributed by atoms with Crippen molar-refractivity contribution in [3.63, 3.8) is 0 Å². The van der Waals surface area contributed by atoms with Gasteiger partial charge in [0.25, 0.3) is 5.91 Å². The van der Waals surface area contributed by atoms with E-state index in [-0.39, 0.29) is 5.91 Å². The second-order valence-corrected chi connectivity index (χ2v) is 13.1. The molecule has 4 heteroatoms. The zero-order valence-electron chi connectivity index (χ0n) is 26.5. The Morgan fingerprint density at radius 3 is 2.38 bits per heavy atom. The number of nitrogens with zero attached hydrogens (tertiary/aromatic N) is 1. The Balaban J connectivity index is 1.24. The fourth-order valence-corrected chi connectivity index (χ4v) is 6.90. The summed E-state index contributed by atoms with van der Waals surface area (Å²) in [5, 5.41) is 4.09. The van der Waals surface area contributed by atoms with Gasteiger partial charge < -0.3 is 10.1 Å². The molecule has 1 aliphatic carbocycles. The zero-order valence-corrected chi connectivity index (χ0v) is 26.5. The molecule has 0 radical (unpaired) electrons. The minimum atomic E-state index is 0.00225. The fourth-order valence-electron chi connectivity index (χ4n) is 6.90. The molecule has 0 bridgehead atoms. The normalized spacial score (nSPS) is 18.5. The number of aryl methyl sites for hydroxylation is 2. The molecule has 3 aromatic rings. The Bertz CT molecular complexity index is 1290. The van der Waals surface area contributed by atoms with E-state index < -0.39 is 0 Å². The Morgan fingerprint density at radius 1 is 0.905 bits per heavy atom. The lowest BCUT2D eigenvalue weighted by Crippen LogP contribution is -2.25. The van der Waals surface area contributed by atoms with Crippen LogP contribution in [-0.4, -0.2) is 23.2 Å². The zero-order chi connectivity index (χ0) is 29.9. The summed E-state index contributed by atoms with van der Waals surface area (Å²) in [6.45, 7) is 9.15. The topological polar surface area (TPSA) is 59.1 Å². The van der Waals surface area contributed by atoms with Gasteiger partial charge in [-0.25, -0.2) is 0 Å². The number of rotatable bonds is 15. The van der Waals surface area contributed by atoms with Crippen molar-refractivity contribution in [1.82, 2.24) is 10.3 Å². The van der Waals surface area contributed by atoms with E-state index in [2.05, 4.69) is 67.7 Å². The predicted octanol–water partition coefficient (Wildman–Crippen LogP) is 9.38. The summed E-state index contributed by atoms with van der Waals surface area (Å²) in [5.74, 6) is 2.91. The van der Waals surface area contributed by atoms with Gasteiger partial charge in [0.1, 0.15) is 5.78 Å². The molecule has 1 aromatic heterocycles. The van der Waals surface area contributed by atoms with E-state index >= 15 is 0 Å². The van der Waals surface area contributed by atoms with Crippen molar-refractivity contribution < 1.29 is 9.59 Å². The highest BCUT2D eigenvalue weighted by atomic mass is 16.1. The number of unbranched alkanes of at least 4 members (excludes halogenated alkanes) is 3. The van der Waals surface area contributed by atoms with Crippen LogP contribution in [0.15, 0.2) is 54.6 Å². The first-order valence-corrected chi connectivity index (χ1v) is 16.5. The number of amides is 1. The Hall–Kier alpha value is -3.01. The molecule has 4 nitrogen and oxygen atoms in total. The van der Waals surface area contributed by atoms with E-state index in [4.69, 9.17) is 4.98 Å². The summed E-state index contributed by atoms with van der Waals surface area (Å²) in [6.07, 6.45) is 13.7. The molecule has 1 amide bonds. The third-order valence-electron chi connectivity index (χ3n) is 9.62. The van der Waals surface area contributed by atoms with E-state index in [1.54, 1.807) is 6.92 Å². The number of carbonyl (C=O) groups is 2. The number of carbonyl (C=O) groups excluding carboxylic acids is 2. The molecular formula is C38H52N2O2. The molecule has 0 spiro atoms. The fraction of sp³-hybridized carbons (Fsp3) is 0.553. The number of fused-ring (bicyclic) bond motifs is 1. The summed E-state index contributed by atoms with van der Waals surface area (Å²) >= 11 is 0. The van der Waals surface area contributed by atoms with Crippen LogP contribution < -0.4 is 5.32 Å². The number of ketones is 1. The lowest BCUT2D eigenvalue weighted by Gasteiger charge is -2.32. The highest BCUT2D eigenvalue weighted by molar-refractivity contribution is 6.06. The van der Waals surface area contributed by atoms with Crippen molar-refractivity contribution in [1.29, 1.82) is 0 Å². The summed E-state index contributed by atoms with van der Waals surface area (Å²) in [6, 6.07) is 19.1. The first-order valence-electron chi connectivity index (χ1n) is 16.5. The lowest BCUT2D eigenvalue weighted by atomic mass is 9.73. The average Bonchev–Trinajstić information content (AvgIpc) is 2.99. The number of pyridine rings is 1. The summed E-state index contributed by atoms with van der Waals surface area (Å²) in [5.41, 5.74) is 5.24. The van der Waals surface area contributed by atoms with Gasteiger partial charge in [-0.2, -0.15) is 0 Å². The molecule has 1 fully saturated rings. The van der Waals surface area contributed by atoms with Crippen molar-refractivity contribution in [3.8, 4) is 0 Å². The smallest absolute Gasteiger partial charge is 0.252 e. The van der Waals surface area contributed by atoms with Crippen LogP contribution in [0.5, 0.6) is 0 Å². The maximum atomic E-state index is 13.1. The molecule has 226 valence electrons. The minimum absolute atomic E-state index is 0.00225. The van der Waals surface area contributed by atoms with Crippen LogP contribution in [0.1, 0.15) is 124 Å². The highest BCUT2D eigenvalue weighted by Gasteiger charge is 2.26. The van der Waals surface area contributed by atoms with Gasteiger partial charge in [0.15, 0.2) is 0 Å². The average molecular weight is 569 g/mol. The number of aromatic nitrogens is 1. The molecule has 0 saturated heterocycles. The molecule has 42 heavy (non-hydrogen) atoms. The Morgan fingerprint density at radius 2 is 1.64 bits per heavy atom. The Kier molecular flexibility index (Phi) is 12.2. The van der Waals surface area contributed by atoms with E-state index in [1.165, 1.54) is 56.1 Å². The van der Waals surface area contributed by atoms with Crippen LogP contribution in [0.2, 0.25) is 0 Å². The molecule has 1 aliphatic rings. The molecular weight excluding hydrogens is 516 g/mol. The van der Waals surface area contributed by atoms with Crippen LogP contribution in [0, 0.1) is 24.7 Å². The maximum absolute atomic E-state index is 13.1. The van der Waals surface area contributed by atoms with E-state index in [0.717, 1.165) is 60.2 Å². The molecule has 0 aliphatic heterocycles. The number of hydrogen-bond acceptors (Lipinski definition) is 3. The first kappa shape index (κ1) is 31.9. The standard InChI is InChI=1S/C38H52N2O2/c1-27(33-19-17-32(18-20-33)25-30(4)41)15-16-28(2)34-21-22-35-36(24-29(3)40-37(35)26-34)38(42)39-23-11-6-5-8-12-31-13-9-7-10-14-31/h7,9-10,13-14,21-22,24,26-28,32-33H,5-6,8,11-12,15-20,23,25H2,1-4H3,(H,39,42). The molecule has 2 aromatic carbocycles. The third-order valence-corrected chi connectivity index (χ3v) is 9.62. The second-order valence-electron chi connectivity index (χ2n) is 13.1. The van der Waals surface area contributed by atoms with Gasteiger partial charge in [0.2, 0.25) is 0 Å². The number of hydrogen-bond donors (Lipinski definition) is 1. The predicted molar refractivity (Wildman–Crippen MR) is 175 cm³/mol. The van der Waals surface area contributed by atoms with Gasteiger partial charge in [-0.05, 0) is 119 Å². The monoisotopic (exact) mass is 568 g/mol. The Labute approximate surface area is 254 Å². The van der Waals surface area contributed by atoms with Crippen LogP contribution in [0.3, 0.4) is 0 Å². The molecule has 2 atom stereocenters. The molecule has 1 saturated carbocycles. The van der Waals surface area contributed by atoms with Crippen LogP contribution in [0.25, 0.3) is 10.9 Å². The molecule has 2 unspecified atom stereocenters. The van der Waals surface area contributed by atoms with E-state index in [9.17, 15) is 9.59 Å². The van der Waals surface area contributed by atoms with Crippen molar-refractivity contribution >= 4 is 22.6 Å². The second kappa shape index (κ2) is 16.0. The molecule has 1 heterocycles. The maximum Gasteiger partial charge on any atom is 0.252 e. The quantitative estimate of drug-likeness (QED) is 0.186. The number of benzene rings is 2. The first-order chi connectivity index (χ1) is 20.3. The molecule has 1 N–H and O–H groups in total. The van der Waals surface area contributed by atoms with Crippen LogP contribution in [-0.2, 0) is 11.2 Å². The van der Waals surface area contributed by atoms with Crippen molar-refractivity contribution in [3.05, 3.63) is 77.0 Å². The SMILES string of the molecule is CC(=O)CC1CCC(C(C)CCC(C)c2ccc3c(C(=O)NCCCCCCc4ccccc4)cc(C)nc3c2)CC1. The number of Topliss-reactive ketones (excluding diaryl/α,β-unsaturated/α-hetero) is 1. The van der Waals surface area contributed by atoms with Gasteiger partial charge in [0.05, 0.1) is 11.1 Å². The largest absolute Gasteiger partial charge is 0.352 e. The third kappa shape index (κ3) is 9.51. The minimum Gasteiger partial charge on any atom is -0.352 e. The van der Waals surface area contributed by atoms with E-state index in [1.807, 2.05) is 13.0 Å². The van der Waals surface area contributed by atoms with Gasteiger partial charge in [-0.1, -0.05) is 69.2 Å². The molecule has 4 rings (SSSR count). The van der Waals surface area contributed by atoms with Crippen molar-refractivity contribution in [2.75, 3.05) is 6.54 Å². The van der Waals surface area contributed by atoms with Gasteiger partial charge >= 0.3 is 0 Å². The summed E-state index contributed by atoms with van der Waals surface area (Å²) in [7, 11) is 0. The lowest BCUT2D eigenvalue weighted by molar-refractivity contribution is -0.118. The van der Waals surface area contributed by atoms with Gasteiger partial charge in [-0.3, -0.25) is 9.78 Å². The van der Waals surface area contributed by atoms with Crippen molar-refractivity contribution in [2.24, 2.45) is 17.8 Å².